The number of benzene rings is 2. The number of hydrogen-bond donors (Lipinski definition) is 0. The Labute approximate surface area is 248 Å². The quantitative estimate of drug-likeness (QED) is 0.131. The van der Waals surface area contributed by atoms with Gasteiger partial charge in [-0.2, -0.15) is 0 Å². The SMILES string of the molecule is CCCCCCCCC1(CCCCCCCC)c2cc(-c3ccncc3)ccc2-c2ccc(-c3ccncc3)cc21. The molecule has 0 bridgehead atoms. The van der Waals surface area contributed by atoms with Crippen LogP contribution in [-0.4, -0.2) is 9.97 Å². The summed E-state index contributed by atoms with van der Waals surface area (Å²) in [5, 5.41) is 0. The maximum absolute atomic E-state index is 4.28. The lowest BCUT2D eigenvalue weighted by molar-refractivity contribution is 0.398. The highest BCUT2D eigenvalue weighted by atomic mass is 14.6. The van der Waals surface area contributed by atoms with E-state index in [-0.39, 0.29) is 5.41 Å². The van der Waals surface area contributed by atoms with Gasteiger partial charge < -0.3 is 0 Å². The predicted molar refractivity (Wildman–Crippen MR) is 175 cm³/mol. The van der Waals surface area contributed by atoms with Gasteiger partial charge in [-0.15, -0.1) is 0 Å². The van der Waals surface area contributed by atoms with Crippen molar-refractivity contribution in [1.29, 1.82) is 0 Å². The molecule has 0 unspecified atom stereocenters. The Kier molecular flexibility index (Phi) is 10.4. The molecule has 2 aromatic carbocycles. The molecule has 2 heteroatoms. The molecule has 214 valence electrons. The highest BCUT2D eigenvalue weighted by molar-refractivity contribution is 5.86. The van der Waals surface area contributed by atoms with Crippen molar-refractivity contribution in [3.05, 3.63) is 96.6 Å². The van der Waals surface area contributed by atoms with E-state index < -0.39 is 0 Å². The zero-order valence-electron chi connectivity index (χ0n) is 25.4. The van der Waals surface area contributed by atoms with Crippen molar-refractivity contribution in [3.63, 3.8) is 0 Å². The van der Waals surface area contributed by atoms with E-state index in [1.54, 1.807) is 11.1 Å². The van der Waals surface area contributed by atoms with Crippen LogP contribution in [0.25, 0.3) is 33.4 Å². The van der Waals surface area contributed by atoms with Crippen molar-refractivity contribution >= 4 is 0 Å². The number of fused-ring (bicyclic) bond motifs is 3. The van der Waals surface area contributed by atoms with Crippen LogP contribution in [0, 0.1) is 0 Å². The molecule has 2 heterocycles. The Bertz CT molecular complexity index is 1250. The molecule has 0 spiro atoms. The van der Waals surface area contributed by atoms with Gasteiger partial charge in [-0.25, -0.2) is 0 Å². The zero-order chi connectivity index (χ0) is 28.3. The van der Waals surface area contributed by atoms with Crippen LogP contribution in [0.4, 0.5) is 0 Å². The predicted octanol–water partition coefficient (Wildman–Crippen LogP) is 11.6. The van der Waals surface area contributed by atoms with Crippen molar-refractivity contribution in [2.75, 3.05) is 0 Å². The van der Waals surface area contributed by atoms with Gasteiger partial charge in [-0.05, 0) is 93.7 Å². The van der Waals surface area contributed by atoms with Gasteiger partial charge in [-0.3, -0.25) is 9.97 Å². The molecule has 0 saturated carbocycles. The van der Waals surface area contributed by atoms with E-state index in [1.807, 2.05) is 24.8 Å². The van der Waals surface area contributed by atoms with Crippen molar-refractivity contribution in [2.45, 2.75) is 109 Å². The largest absolute Gasteiger partial charge is 0.265 e. The highest BCUT2D eigenvalue weighted by Crippen LogP contribution is 2.55. The number of pyridine rings is 2. The molecule has 4 aromatic rings. The molecular weight excluding hydrogens is 496 g/mol. The fourth-order valence-corrected chi connectivity index (χ4v) is 7.02. The van der Waals surface area contributed by atoms with Crippen LogP contribution in [0.15, 0.2) is 85.5 Å². The Morgan fingerprint density at radius 3 is 1.24 bits per heavy atom. The molecule has 2 nitrogen and oxygen atoms in total. The number of hydrogen-bond acceptors (Lipinski definition) is 2. The molecule has 0 atom stereocenters. The number of rotatable bonds is 16. The summed E-state index contributed by atoms with van der Waals surface area (Å²) in [6.07, 6.45) is 26.1. The second-order valence-electron chi connectivity index (χ2n) is 12.1. The lowest BCUT2D eigenvalue weighted by atomic mass is 9.70. The molecule has 0 aliphatic heterocycles. The first-order valence-electron chi connectivity index (χ1n) is 16.4. The molecule has 41 heavy (non-hydrogen) atoms. The van der Waals surface area contributed by atoms with Crippen LogP contribution < -0.4 is 0 Å². The molecule has 1 aliphatic rings. The maximum Gasteiger partial charge on any atom is 0.0273 e. The van der Waals surface area contributed by atoms with E-state index in [1.165, 1.54) is 123 Å². The molecule has 1 aliphatic carbocycles. The molecule has 0 fully saturated rings. The second-order valence-corrected chi connectivity index (χ2v) is 12.1. The van der Waals surface area contributed by atoms with Gasteiger partial charge in [0.25, 0.3) is 0 Å². The van der Waals surface area contributed by atoms with E-state index in [0.29, 0.717) is 0 Å². The average molecular weight is 545 g/mol. The monoisotopic (exact) mass is 544 g/mol. The zero-order valence-corrected chi connectivity index (χ0v) is 25.4. The van der Waals surface area contributed by atoms with Crippen LogP contribution in [0.5, 0.6) is 0 Å². The summed E-state index contributed by atoms with van der Waals surface area (Å²) in [7, 11) is 0. The van der Waals surface area contributed by atoms with Gasteiger partial charge in [0.15, 0.2) is 0 Å². The third-order valence-electron chi connectivity index (χ3n) is 9.30. The number of aromatic nitrogens is 2. The minimum atomic E-state index is 0.0618. The first kappa shape index (κ1) is 29.2. The van der Waals surface area contributed by atoms with E-state index in [0.717, 1.165) is 0 Å². The minimum Gasteiger partial charge on any atom is -0.265 e. The standard InChI is InChI=1S/C39H48N2/c1-3-5-7-9-11-13-23-39(24-14-12-10-8-6-4-2)37-29-33(31-19-25-40-26-20-31)15-17-35(37)36-18-16-34(30-38(36)39)32-21-27-41-28-22-32/h15-22,25-30H,3-14,23-24H2,1-2H3. The minimum absolute atomic E-state index is 0.0618. The fourth-order valence-electron chi connectivity index (χ4n) is 7.02. The lowest BCUT2D eigenvalue weighted by Crippen LogP contribution is -2.25. The normalized spacial score (nSPS) is 13.2. The van der Waals surface area contributed by atoms with Crippen LogP contribution >= 0.6 is 0 Å². The van der Waals surface area contributed by atoms with Gasteiger partial charge >= 0.3 is 0 Å². The highest BCUT2D eigenvalue weighted by Gasteiger charge is 2.42. The van der Waals surface area contributed by atoms with Crippen molar-refractivity contribution < 1.29 is 0 Å². The Morgan fingerprint density at radius 1 is 0.439 bits per heavy atom. The average Bonchev–Trinajstić information content (AvgIpc) is 3.30. The van der Waals surface area contributed by atoms with Crippen LogP contribution in [0.2, 0.25) is 0 Å². The molecular formula is C39H48N2. The molecule has 2 aromatic heterocycles. The van der Waals surface area contributed by atoms with E-state index in [9.17, 15) is 0 Å². The summed E-state index contributed by atoms with van der Waals surface area (Å²) in [4.78, 5) is 8.56. The first-order chi connectivity index (χ1) is 20.3. The van der Waals surface area contributed by atoms with Gasteiger partial charge in [0.2, 0.25) is 0 Å². The molecule has 5 rings (SSSR count). The summed E-state index contributed by atoms with van der Waals surface area (Å²) >= 11 is 0. The lowest BCUT2D eigenvalue weighted by Gasteiger charge is -2.33. The molecule has 0 radical (unpaired) electrons. The number of unbranched alkanes of at least 4 members (excludes halogenated alkanes) is 10. The van der Waals surface area contributed by atoms with Gasteiger partial charge in [-0.1, -0.05) is 115 Å². The third kappa shape index (κ3) is 6.80. The Balaban J connectivity index is 1.55. The smallest absolute Gasteiger partial charge is 0.0273 e. The van der Waals surface area contributed by atoms with Crippen molar-refractivity contribution in [3.8, 4) is 33.4 Å². The topological polar surface area (TPSA) is 25.8 Å². The Morgan fingerprint density at radius 2 is 0.829 bits per heavy atom. The van der Waals surface area contributed by atoms with Gasteiger partial charge in [0, 0.05) is 30.2 Å². The van der Waals surface area contributed by atoms with Crippen LogP contribution in [0.3, 0.4) is 0 Å². The Hall–Kier alpha value is -3.26. The van der Waals surface area contributed by atoms with Gasteiger partial charge in [0.05, 0.1) is 0 Å². The van der Waals surface area contributed by atoms with Crippen molar-refractivity contribution in [1.82, 2.24) is 9.97 Å². The molecule has 0 N–H and O–H groups in total. The van der Waals surface area contributed by atoms with Crippen molar-refractivity contribution in [2.24, 2.45) is 0 Å². The fraction of sp³-hybridized carbons (Fsp3) is 0.436. The summed E-state index contributed by atoms with van der Waals surface area (Å²) < 4.78 is 0. The van der Waals surface area contributed by atoms with Crippen LogP contribution in [-0.2, 0) is 5.41 Å². The summed E-state index contributed by atoms with van der Waals surface area (Å²) in [6.45, 7) is 4.62. The number of nitrogens with zero attached hydrogens (tertiary/aromatic N) is 2. The van der Waals surface area contributed by atoms with E-state index in [4.69, 9.17) is 0 Å². The summed E-state index contributed by atoms with van der Waals surface area (Å²) in [5.41, 5.74) is 11.2. The van der Waals surface area contributed by atoms with Crippen LogP contribution in [0.1, 0.15) is 115 Å². The molecule has 0 saturated heterocycles. The third-order valence-corrected chi connectivity index (χ3v) is 9.30. The van der Waals surface area contributed by atoms with E-state index in [2.05, 4.69) is 84.5 Å². The summed E-state index contributed by atoms with van der Waals surface area (Å²) in [5.74, 6) is 0. The maximum atomic E-state index is 4.28. The first-order valence-corrected chi connectivity index (χ1v) is 16.4. The molecule has 0 amide bonds. The van der Waals surface area contributed by atoms with E-state index >= 15 is 0 Å². The summed E-state index contributed by atoms with van der Waals surface area (Å²) in [6, 6.07) is 23.1. The second kappa shape index (κ2) is 14.6. The van der Waals surface area contributed by atoms with Gasteiger partial charge in [0.1, 0.15) is 0 Å².